The molecule has 2 rings (SSSR count). The lowest BCUT2D eigenvalue weighted by Gasteiger charge is -2.18. The number of hydrogen-bond donors (Lipinski definition) is 2. The predicted octanol–water partition coefficient (Wildman–Crippen LogP) is 0.966. The maximum atomic E-state index is 11.4. The zero-order valence-corrected chi connectivity index (χ0v) is 10.2. The lowest BCUT2D eigenvalue weighted by atomic mass is 10.3. The Balaban J connectivity index is 2.36. The van der Waals surface area contributed by atoms with E-state index in [9.17, 15) is 4.79 Å². The summed E-state index contributed by atoms with van der Waals surface area (Å²) in [7, 11) is 0. The van der Waals surface area contributed by atoms with Gasteiger partial charge >= 0.3 is 0 Å². The fraction of sp³-hybridized carbons (Fsp3) is 0.571. The van der Waals surface area contributed by atoms with E-state index in [1.165, 1.54) is 0 Å². The molecule has 0 spiro atoms. The van der Waals surface area contributed by atoms with Gasteiger partial charge in [0.25, 0.3) is 5.56 Å². The van der Waals surface area contributed by atoms with Gasteiger partial charge in [0.1, 0.15) is 0 Å². The Morgan fingerprint density at radius 3 is 2.85 bits per heavy atom. The van der Waals surface area contributed by atoms with E-state index in [1.54, 1.807) is 2.90 Å². The molecular weight excluding hydrogens is 301 g/mol. The van der Waals surface area contributed by atoms with Gasteiger partial charge in [0.2, 0.25) is 0 Å². The first-order valence-corrected chi connectivity index (χ1v) is 5.48. The van der Waals surface area contributed by atoms with Gasteiger partial charge in [-0.05, 0) is 6.92 Å². The quantitative estimate of drug-likeness (QED) is 0.599. The second kappa shape index (κ2) is 3.32. The molecule has 0 saturated carbocycles. The molecule has 0 bridgehead atoms. The average Bonchev–Trinajstić information content (AvgIpc) is 2.55. The Bertz CT molecular complexity index is 384. The summed E-state index contributed by atoms with van der Waals surface area (Å²) in [6, 6.07) is 0. The van der Waals surface area contributed by atoms with Crippen LogP contribution in [0.15, 0.2) is 4.79 Å². The minimum absolute atomic E-state index is 0.0286. The first-order chi connectivity index (χ1) is 6.09. The van der Waals surface area contributed by atoms with E-state index in [1.807, 2.05) is 6.92 Å². The van der Waals surface area contributed by atoms with Crippen LogP contribution < -0.4 is 5.56 Å². The number of halogens is 1. The maximum absolute atomic E-state index is 11.4. The van der Waals surface area contributed by atoms with Gasteiger partial charge in [0.05, 0.1) is 39.5 Å². The topological polar surface area (TPSA) is 41.0 Å². The monoisotopic (exact) mass is 311 g/mol. The van der Waals surface area contributed by atoms with Gasteiger partial charge in [-0.3, -0.25) is 14.8 Å². The Morgan fingerprint density at radius 1 is 1.62 bits per heavy atom. The van der Waals surface area contributed by atoms with Crippen molar-refractivity contribution in [3.05, 3.63) is 21.6 Å². The van der Waals surface area contributed by atoms with Crippen molar-refractivity contribution in [3.8, 4) is 0 Å². The molecule has 0 aromatic carbocycles. The molecule has 2 heterocycles. The van der Waals surface area contributed by atoms with E-state index in [0.29, 0.717) is 6.54 Å². The number of nitrogens with one attached hydrogen (secondary N) is 1. The van der Waals surface area contributed by atoms with Crippen LogP contribution >= 0.6 is 35.5 Å². The lowest BCUT2D eigenvalue weighted by molar-refractivity contribution is 0.274. The van der Waals surface area contributed by atoms with Crippen molar-refractivity contribution in [2.45, 2.75) is 25.4 Å². The third-order valence-electron chi connectivity index (χ3n) is 2.30. The molecule has 13 heavy (non-hydrogen) atoms. The van der Waals surface area contributed by atoms with Crippen molar-refractivity contribution in [2.75, 3.05) is 0 Å². The SMILES string of the molecule is CC(S)N1Cc2c(n(I)[nH]c2=O)C1. The molecule has 1 unspecified atom stereocenters. The molecule has 0 fully saturated rings. The number of thiol groups is 1. The molecular formula is C7H10IN3OS. The zero-order valence-electron chi connectivity index (χ0n) is 7.12. The maximum Gasteiger partial charge on any atom is 0.269 e. The van der Waals surface area contributed by atoms with Crippen molar-refractivity contribution in [3.63, 3.8) is 0 Å². The molecule has 0 aliphatic carbocycles. The molecule has 1 aliphatic heterocycles. The van der Waals surface area contributed by atoms with Crippen LogP contribution in [0.4, 0.5) is 0 Å². The Morgan fingerprint density at radius 2 is 2.31 bits per heavy atom. The summed E-state index contributed by atoms with van der Waals surface area (Å²) < 4.78 is 1.77. The second-order valence-electron chi connectivity index (χ2n) is 3.18. The number of aromatic amines is 1. The molecule has 1 aliphatic rings. The van der Waals surface area contributed by atoms with Crippen molar-refractivity contribution in [1.29, 1.82) is 0 Å². The van der Waals surface area contributed by atoms with Gasteiger partial charge < -0.3 is 0 Å². The highest BCUT2D eigenvalue weighted by Gasteiger charge is 2.27. The van der Waals surface area contributed by atoms with Gasteiger partial charge in [0, 0.05) is 13.1 Å². The molecule has 0 amide bonds. The molecule has 0 radical (unpaired) electrons. The minimum Gasteiger partial charge on any atom is -0.282 e. The standard InChI is InChI=1S/C7H10IN3OS/c1-4(13)10-2-5-6(3-10)11(8)9-7(5)12/h4,13H,2-3H2,1H3,(H,9,12). The number of fused-ring (bicyclic) bond motifs is 1. The largest absolute Gasteiger partial charge is 0.282 e. The third kappa shape index (κ3) is 1.55. The summed E-state index contributed by atoms with van der Waals surface area (Å²) >= 11 is 6.43. The smallest absolute Gasteiger partial charge is 0.269 e. The first kappa shape index (κ1) is 9.60. The molecule has 1 atom stereocenters. The van der Waals surface area contributed by atoms with Crippen molar-refractivity contribution >= 4 is 35.5 Å². The normalized spacial score (nSPS) is 19.0. The Hall–Kier alpha value is 0.0500. The summed E-state index contributed by atoms with van der Waals surface area (Å²) in [4.78, 5) is 13.5. The van der Waals surface area contributed by atoms with Gasteiger partial charge in [-0.25, -0.2) is 2.90 Å². The minimum atomic E-state index is 0.0286. The summed E-state index contributed by atoms with van der Waals surface area (Å²) in [6.07, 6.45) is 0. The first-order valence-electron chi connectivity index (χ1n) is 4.00. The summed E-state index contributed by atoms with van der Waals surface area (Å²) in [5.74, 6) is 0. The highest BCUT2D eigenvalue weighted by molar-refractivity contribution is 14.1. The summed E-state index contributed by atoms with van der Waals surface area (Å²) in [5.41, 5.74) is 1.99. The molecule has 1 N–H and O–H groups in total. The van der Waals surface area contributed by atoms with Crippen LogP contribution in [0.5, 0.6) is 0 Å². The Kier molecular flexibility index (Phi) is 2.45. The summed E-state index contributed by atoms with van der Waals surface area (Å²) in [6.45, 7) is 3.54. The molecule has 72 valence electrons. The number of hydrogen-bond acceptors (Lipinski definition) is 3. The predicted molar refractivity (Wildman–Crippen MR) is 62.2 cm³/mol. The fourth-order valence-corrected chi connectivity index (χ4v) is 2.34. The van der Waals surface area contributed by atoms with Crippen molar-refractivity contribution in [1.82, 2.24) is 12.9 Å². The fourth-order valence-electron chi connectivity index (χ4n) is 1.51. The van der Waals surface area contributed by atoms with Crippen molar-refractivity contribution < 1.29 is 0 Å². The van der Waals surface area contributed by atoms with Gasteiger partial charge in [-0.2, -0.15) is 12.6 Å². The molecule has 1 aromatic heterocycles. The Labute approximate surface area is 95.2 Å². The van der Waals surface area contributed by atoms with E-state index < -0.39 is 0 Å². The van der Waals surface area contributed by atoms with Gasteiger partial charge in [0.15, 0.2) is 0 Å². The number of rotatable bonds is 1. The highest BCUT2D eigenvalue weighted by Crippen LogP contribution is 2.23. The zero-order chi connectivity index (χ0) is 9.59. The van der Waals surface area contributed by atoms with Crippen LogP contribution in [-0.2, 0) is 13.1 Å². The lowest BCUT2D eigenvalue weighted by Crippen LogP contribution is -2.25. The van der Waals surface area contributed by atoms with E-state index in [-0.39, 0.29) is 10.9 Å². The van der Waals surface area contributed by atoms with Gasteiger partial charge in [-0.1, -0.05) is 0 Å². The van der Waals surface area contributed by atoms with Crippen LogP contribution in [0.3, 0.4) is 0 Å². The molecule has 4 nitrogen and oxygen atoms in total. The number of aromatic nitrogens is 2. The van der Waals surface area contributed by atoms with E-state index in [0.717, 1.165) is 17.8 Å². The van der Waals surface area contributed by atoms with Crippen molar-refractivity contribution in [2.24, 2.45) is 0 Å². The average molecular weight is 311 g/mol. The van der Waals surface area contributed by atoms with Gasteiger partial charge in [-0.15, -0.1) is 0 Å². The van der Waals surface area contributed by atoms with E-state index in [4.69, 9.17) is 0 Å². The molecule has 0 saturated heterocycles. The van der Waals surface area contributed by atoms with E-state index in [2.05, 4.69) is 45.5 Å². The van der Waals surface area contributed by atoms with Crippen LogP contribution in [0.25, 0.3) is 0 Å². The van der Waals surface area contributed by atoms with Crippen LogP contribution in [-0.4, -0.2) is 18.3 Å². The number of H-pyrrole nitrogens is 1. The van der Waals surface area contributed by atoms with Crippen LogP contribution in [0.2, 0.25) is 0 Å². The van der Waals surface area contributed by atoms with E-state index >= 15 is 0 Å². The van der Waals surface area contributed by atoms with Crippen LogP contribution in [0, 0.1) is 0 Å². The van der Waals surface area contributed by atoms with Crippen LogP contribution in [0.1, 0.15) is 18.2 Å². The second-order valence-corrected chi connectivity index (χ2v) is 4.90. The summed E-state index contributed by atoms with van der Waals surface area (Å²) in [5, 5.41) is 2.93. The molecule has 1 aromatic rings. The highest BCUT2D eigenvalue weighted by atomic mass is 127. The third-order valence-corrected chi connectivity index (χ3v) is 3.45. The number of nitrogens with zero attached hydrogens (tertiary/aromatic N) is 2. The molecule has 6 heteroatoms.